The number of anilines is 1. The molecule has 31 heavy (non-hydrogen) atoms. The highest BCUT2D eigenvalue weighted by Crippen LogP contribution is 2.36. The minimum Gasteiger partial charge on any atom is -0.507 e. The van der Waals surface area contributed by atoms with E-state index in [0.29, 0.717) is 28.5 Å². The number of amides is 1. The van der Waals surface area contributed by atoms with Crippen LogP contribution < -0.4 is 25.2 Å². The zero-order chi connectivity index (χ0) is 22.0. The van der Waals surface area contributed by atoms with E-state index in [-0.39, 0.29) is 36.2 Å². The molecule has 0 bridgehead atoms. The zero-order valence-corrected chi connectivity index (χ0v) is 17.0. The molecule has 1 aromatic heterocycles. The number of aromatic hydroxyl groups is 1. The average Bonchev–Trinajstić information content (AvgIpc) is 3.20. The van der Waals surface area contributed by atoms with Crippen LogP contribution in [-0.2, 0) is 4.79 Å². The van der Waals surface area contributed by atoms with Crippen molar-refractivity contribution < 1.29 is 28.5 Å². The van der Waals surface area contributed by atoms with Crippen LogP contribution in [0.1, 0.15) is 29.2 Å². The minimum absolute atomic E-state index is 0.0246. The molecule has 0 fully saturated rings. The normalized spacial score (nSPS) is 13.0. The van der Waals surface area contributed by atoms with Gasteiger partial charge in [0, 0.05) is 30.2 Å². The molecule has 8 heteroatoms. The molecular weight excluding hydrogens is 402 g/mol. The lowest BCUT2D eigenvalue weighted by atomic mass is 9.88. The summed E-state index contributed by atoms with van der Waals surface area (Å²) in [5, 5.41) is 13.3. The largest absolute Gasteiger partial charge is 0.507 e. The number of hydrogen-bond acceptors (Lipinski definition) is 7. The second-order valence-corrected chi connectivity index (χ2v) is 7.09. The van der Waals surface area contributed by atoms with E-state index >= 15 is 0 Å². The summed E-state index contributed by atoms with van der Waals surface area (Å²) in [5.41, 5.74) is 0.529. The number of ether oxygens (including phenoxy) is 3. The second kappa shape index (κ2) is 8.43. The number of fused-ring (bicyclic) bond motifs is 1. The van der Waals surface area contributed by atoms with Gasteiger partial charge in [0.05, 0.1) is 12.7 Å². The van der Waals surface area contributed by atoms with Crippen LogP contribution in [-0.4, -0.2) is 24.9 Å². The Kier molecular flexibility index (Phi) is 5.53. The molecule has 0 radical (unpaired) electrons. The smallest absolute Gasteiger partial charge is 0.343 e. The van der Waals surface area contributed by atoms with Crippen molar-refractivity contribution in [2.24, 2.45) is 0 Å². The number of carbonyl (C=O) groups is 1. The molecule has 8 nitrogen and oxygen atoms in total. The molecule has 2 N–H and O–H groups in total. The van der Waals surface area contributed by atoms with Gasteiger partial charge < -0.3 is 29.1 Å². The van der Waals surface area contributed by atoms with E-state index < -0.39 is 11.5 Å². The highest BCUT2D eigenvalue weighted by molar-refractivity contribution is 5.92. The average molecular weight is 423 g/mol. The highest BCUT2D eigenvalue weighted by atomic mass is 16.7. The maximum atomic E-state index is 12.9. The highest BCUT2D eigenvalue weighted by Gasteiger charge is 2.26. The topological polar surface area (TPSA) is 107 Å². The summed E-state index contributed by atoms with van der Waals surface area (Å²) in [6, 6.07) is 13.4. The predicted octanol–water partition coefficient (Wildman–Crippen LogP) is 3.55. The van der Waals surface area contributed by atoms with E-state index in [9.17, 15) is 14.7 Å². The number of nitrogens with one attached hydrogen (secondary N) is 1. The van der Waals surface area contributed by atoms with E-state index in [0.717, 1.165) is 0 Å². The Bertz CT molecular complexity index is 1170. The fraction of sp³-hybridized carbons (Fsp3) is 0.217. The van der Waals surface area contributed by atoms with Crippen molar-refractivity contribution in [3.8, 4) is 23.0 Å². The Morgan fingerprint density at radius 3 is 2.58 bits per heavy atom. The Morgan fingerprint density at radius 2 is 1.87 bits per heavy atom. The first-order valence-corrected chi connectivity index (χ1v) is 9.61. The Labute approximate surface area is 178 Å². The van der Waals surface area contributed by atoms with Gasteiger partial charge in [-0.25, -0.2) is 4.79 Å². The lowest BCUT2D eigenvalue weighted by molar-refractivity contribution is -0.116. The van der Waals surface area contributed by atoms with Gasteiger partial charge in [-0.05, 0) is 36.8 Å². The summed E-state index contributed by atoms with van der Waals surface area (Å²) in [6.45, 7) is 1.70. The van der Waals surface area contributed by atoms with E-state index in [1.165, 1.54) is 6.07 Å². The third kappa shape index (κ3) is 4.32. The first-order valence-electron chi connectivity index (χ1n) is 9.61. The molecule has 3 aromatic rings. The van der Waals surface area contributed by atoms with Crippen LogP contribution in [0.3, 0.4) is 0 Å². The van der Waals surface area contributed by atoms with Crippen LogP contribution in [0.15, 0.2) is 57.7 Å². The van der Waals surface area contributed by atoms with Crippen LogP contribution in [0.4, 0.5) is 5.69 Å². The molecule has 4 rings (SSSR count). The monoisotopic (exact) mass is 423 g/mol. The summed E-state index contributed by atoms with van der Waals surface area (Å²) in [7, 11) is 1.55. The quantitative estimate of drug-likeness (QED) is 0.624. The minimum atomic E-state index is -0.725. The molecule has 0 saturated carbocycles. The fourth-order valence-corrected chi connectivity index (χ4v) is 3.52. The van der Waals surface area contributed by atoms with E-state index in [1.54, 1.807) is 56.5 Å². The third-order valence-electron chi connectivity index (χ3n) is 5.00. The van der Waals surface area contributed by atoms with Crippen molar-refractivity contribution >= 4 is 11.6 Å². The molecule has 1 aliphatic rings. The summed E-state index contributed by atoms with van der Waals surface area (Å²) in [4.78, 5) is 25.4. The van der Waals surface area contributed by atoms with Gasteiger partial charge >= 0.3 is 5.63 Å². The summed E-state index contributed by atoms with van der Waals surface area (Å²) < 4.78 is 21.0. The number of methoxy groups -OCH3 is 1. The second-order valence-electron chi connectivity index (χ2n) is 7.09. The molecule has 1 amide bonds. The first kappa shape index (κ1) is 20.3. The maximum Gasteiger partial charge on any atom is 0.343 e. The molecule has 2 aromatic carbocycles. The van der Waals surface area contributed by atoms with E-state index in [1.807, 2.05) is 0 Å². The summed E-state index contributed by atoms with van der Waals surface area (Å²) in [5.74, 6) is 0.774. The predicted molar refractivity (Wildman–Crippen MR) is 112 cm³/mol. The Hall–Kier alpha value is -3.94. The van der Waals surface area contributed by atoms with Crippen LogP contribution >= 0.6 is 0 Å². The van der Waals surface area contributed by atoms with Gasteiger partial charge in [0.2, 0.25) is 12.7 Å². The standard InChI is InChI=1S/C23H21NO7/c1-13-9-18(25)22(23(27)31-13)17(14-3-6-16(28-2)7-4-14)11-21(26)24-15-5-8-19-20(10-15)30-12-29-19/h3-10,17,25H,11-12H2,1-2H3,(H,24,26). The molecular formula is C23H21NO7. The van der Waals surface area contributed by atoms with Crippen molar-refractivity contribution in [1.82, 2.24) is 0 Å². The Morgan fingerprint density at radius 1 is 1.13 bits per heavy atom. The van der Waals surface area contributed by atoms with Gasteiger partial charge in [0.1, 0.15) is 17.3 Å². The van der Waals surface area contributed by atoms with Crippen LogP contribution in [0.25, 0.3) is 0 Å². The molecule has 0 spiro atoms. The number of benzene rings is 2. The number of aryl methyl sites for hydroxylation is 1. The number of rotatable bonds is 6. The summed E-state index contributed by atoms with van der Waals surface area (Å²) >= 11 is 0. The maximum absolute atomic E-state index is 12.9. The fourth-order valence-electron chi connectivity index (χ4n) is 3.52. The molecule has 0 aliphatic carbocycles. The Balaban J connectivity index is 1.64. The van der Waals surface area contributed by atoms with Crippen LogP contribution in [0.2, 0.25) is 0 Å². The SMILES string of the molecule is COc1ccc(C(CC(=O)Nc2ccc3c(c2)OCO3)c2c(O)cc(C)oc2=O)cc1. The number of carbonyl (C=O) groups excluding carboxylic acids is 1. The van der Waals surface area contributed by atoms with Crippen molar-refractivity contribution in [2.75, 3.05) is 19.2 Å². The van der Waals surface area contributed by atoms with Crippen LogP contribution in [0, 0.1) is 6.92 Å². The van der Waals surface area contributed by atoms with Gasteiger partial charge in [-0.3, -0.25) is 4.79 Å². The molecule has 160 valence electrons. The molecule has 2 heterocycles. The molecule has 1 aliphatic heterocycles. The van der Waals surface area contributed by atoms with Crippen molar-refractivity contribution in [1.29, 1.82) is 0 Å². The third-order valence-corrected chi connectivity index (χ3v) is 5.00. The van der Waals surface area contributed by atoms with Gasteiger partial charge in [0.25, 0.3) is 0 Å². The van der Waals surface area contributed by atoms with Crippen molar-refractivity contribution in [2.45, 2.75) is 19.3 Å². The number of hydrogen-bond donors (Lipinski definition) is 2. The molecule has 0 saturated heterocycles. The van der Waals surface area contributed by atoms with Gasteiger partial charge in [-0.2, -0.15) is 0 Å². The summed E-state index contributed by atoms with van der Waals surface area (Å²) in [6.07, 6.45) is -0.0951. The van der Waals surface area contributed by atoms with Crippen LogP contribution in [0.5, 0.6) is 23.0 Å². The van der Waals surface area contributed by atoms with Crippen molar-refractivity contribution in [3.05, 3.63) is 75.8 Å². The van der Waals surface area contributed by atoms with Gasteiger partial charge in [-0.15, -0.1) is 0 Å². The van der Waals surface area contributed by atoms with Gasteiger partial charge in [-0.1, -0.05) is 12.1 Å². The van der Waals surface area contributed by atoms with E-state index in [2.05, 4.69) is 5.32 Å². The zero-order valence-electron chi connectivity index (χ0n) is 17.0. The molecule has 1 atom stereocenters. The van der Waals surface area contributed by atoms with E-state index in [4.69, 9.17) is 18.6 Å². The lowest BCUT2D eigenvalue weighted by Crippen LogP contribution is -2.21. The van der Waals surface area contributed by atoms with Gasteiger partial charge in [0.15, 0.2) is 11.5 Å². The van der Waals surface area contributed by atoms with Crippen molar-refractivity contribution in [3.63, 3.8) is 0 Å². The first-order chi connectivity index (χ1) is 14.9. The molecule has 1 unspecified atom stereocenters. The lowest BCUT2D eigenvalue weighted by Gasteiger charge is -2.18.